The molecule has 0 fully saturated rings. The van der Waals surface area contributed by atoms with Crippen molar-refractivity contribution in [1.29, 1.82) is 0 Å². The van der Waals surface area contributed by atoms with E-state index in [1.807, 2.05) is 6.92 Å². The summed E-state index contributed by atoms with van der Waals surface area (Å²) in [6.45, 7) is 7.28. The van der Waals surface area contributed by atoms with Gasteiger partial charge in [0.15, 0.2) is 0 Å². The third kappa shape index (κ3) is 13.4. The third-order valence-electron chi connectivity index (χ3n) is 2.86. The van der Waals surface area contributed by atoms with Crippen molar-refractivity contribution in [2.75, 3.05) is 6.54 Å². The summed E-state index contributed by atoms with van der Waals surface area (Å²) >= 11 is 0. The molecule has 0 aliphatic carbocycles. The first-order chi connectivity index (χ1) is 8.02. The van der Waals surface area contributed by atoms with Gasteiger partial charge >= 0.3 is 0 Å². The second kappa shape index (κ2) is 10.6. The van der Waals surface area contributed by atoms with E-state index in [0.717, 1.165) is 25.3 Å². The van der Waals surface area contributed by atoms with Crippen LogP contribution in [0.1, 0.15) is 65.7 Å². The molecule has 0 saturated carbocycles. The lowest BCUT2D eigenvalue weighted by molar-refractivity contribution is -0.121. The van der Waals surface area contributed by atoms with Crippen molar-refractivity contribution >= 4 is 5.91 Å². The van der Waals surface area contributed by atoms with Gasteiger partial charge in [-0.25, -0.2) is 0 Å². The summed E-state index contributed by atoms with van der Waals surface area (Å²) in [5.74, 6) is 0.956. The second-order valence-electron chi connectivity index (χ2n) is 5.46. The molecule has 0 aliphatic rings. The van der Waals surface area contributed by atoms with Gasteiger partial charge in [0, 0.05) is 19.0 Å². The Morgan fingerprint density at radius 1 is 1.06 bits per heavy atom. The maximum absolute atomic E-state index is 11.4. The van der Waals surface area contributed by atoms with E-state index >= 15 is 0 Å². The molecule has 0 bridgehead atoms. The van der Waals surface area contributed by atoms with E-state index in [9.17, 15) is 4.79 Å². The van der Waals surface area contributed by atoms with Gasteiger partial charge in [0.2, 0.25) is 5.91 Å². The highest BCUT2D eigenvalue weighted by molar-refractivity contribution is 5.75. The van der Waals surface area contributed by atoms with Crippen LogP contribution in [0.15, 0.2) is 0 Å². The highest BCUT2D eigenvalue weighted by atomic mass is 16.1. The van der Waals surface area contributed by atoms with Crippen molar-refractivity contribution in [3.05, 3.63) is 0 Å². The molecule has 1 atom stereocenters. The Hall–Kier alpha value is -0.570. The number of hydrogen-bond acceptors (Lipinski definition) is 2. The zero-order valence-corrected chi connectivity index (χ0v) is 11.8. The molecule has 0 radical (unpaired) electrons. The van der Waals surface area contributed by atoms with Gasteiger partial charge in [-0.05, 0) is 25.7 Å². The van der Waals surface area contributed by atoms with Crippen molar-refractivity contribution in [2.45, 2.75) is 71.8 Å². The second-order valence-corrected chi connectivity index (χ2v) is 5.46. The van der Waals surface area contributed by atoms with Crippen molar-refractivity contribution in [2.24, 2.45) is 11.7 Å². The van der Waals surface area contributed by atoms with Crippen molar-refractivity contribution in [3.63, 3.8) is 0 Å². The lowest BCUT2D eigenvalue weighted by atomic mass is 10.0. The van der Waals surface area contributed by atoms with Gasteiger partial charge in [-0.2, -0.15) is 0 Å². The quantitative estimate of drug-likeness (QED) is 0.579. The highest BCUT2D eigenvalue weighted by Crippen LogP contribution is 2.08. The minimum Gasteiger partial charge on any atom is -0.356 e. The Morgan fingerprint density at radius 2 is 1.71 bits per heavy atom. The normalized spacial score (nSPS) is 12.8. The van der Waals surface area contributed by atoms with Gasteiger partial charge in [-0.3, -0.25) is 4.79 Å². The number of nitrogens with one attached hydrogen (secondary N) is 1. The van der Waals surface area contributed by atoms with Crippen molar-refractivity contribution in [1.82, 2.24) is 5.32 Å². The minimum atomic E-state index is 0.122. The van der Waals surface area contributed by atoms with Gasteiger partial charge in [0.05, 0.1) is 0 Å². The molecule has 0 aromatic heterocycles. The molecule has 102 valence electrons. The lowest BCUT2D eigenvalue weighted by Gasteiger charge is -2.07. The number of unbranched alkanes of at least 4 members (excludes halogenated alkanes) is 3. The topological polar surface area (TPSA) is 55.1 Å². The molecule has 0 heterocycles. The monoisotopic (exact) mass is 242 g/mol. The van der Waals surface area contributed by atoms with Gasteiger partial charge in [0.1, 0.15) is 0 Å². The number of hydrogen-bond donors (Lipinski definition) is 2. The van der Waals surface area contributed by atoms with Crippen LogP contribution in [0, 0.1) is 5.92 Å². The molecular weight excluding hydrogens is 212 g/mol. The van der Waals surface area contributed by atoms with Crippen LogP contribution in [0.4, 0.5) is 0 Å². The minimum absolute atomic E-state index is 0.122. The molecule has 0 aliphatic heterocycles. The fourth-order valence-corrected chi connectivity index (χ4v) is 1.71. The van der Waals surface area contributed by atoms with E-state index < -0.39 is 0 Å². The first-order valence-electron chi connectivity index (χ1n) is 7.04. The van der Waals surface area contributed by atoms with Crippen LogP contribution in [0.25, 0.3) is 0 Å². The first kappa shape index (κ1) is 16.4. The standard InChI is InChI=1S/C14H30N2O/c1-12(2)8-6-4-5-7-11-16-14(17)10-9-13(3)15/h12-13H,4-11,15H2,1-3H3,(H,16,17). The van der Waals surface area contributed by atoms with Gasteiger partial charge in [0.25, 0.3) is 0 Å². The summed E-state index contributed by atoms with van der Waals surface area (Å²) in [5, 5.41) is 2.94. The summed E-state index contributed by atoms with van der Waals surface area (Å²) in [6, 6.07) is 0.122. The predicted molar refractivity (Wildman–Crippen MR) is 73.8 cm³/mol. The summed E-state index contributed by atoms with van der Waals surface area (Å²) in [5.41, 5.74) is 5.59. The molecule has 3 N–H and O–H groups in total. The van der Waals surface area contributed by atoms with Crippen LogP contribution in [0.2, 0.25) is 0 Å². The average Bonchev–Trinajstić information content (AvgIpc) is 2.24. The van der Waals surface area contributed by atoms with Crippen molar-refractivity contribution < 1.29 is 4.79 Å². The van der Waals surface area contributed by atoms with Gasteiger partial charge < -0.3 is 11.1 Å². The largest absolute Gasteiger partial charge is 0.356 e. The Kier molecular flexibility index (Phi) is 10.2. The van der Waals surface area contributed by atoms with E-state index in [-0.39, 0.29) is 11.9 Å². The summed E-state index contributed by atoms with van der Waals surface area (Å²) in [4.78, 5) is 11.4. The number of nitrogens with two attached hydrogens (primary N) is 1. The SMILES string of the molecule is CC(C)CCCCCCNC(=O)CCC(C)N. The van der Waals surface area contributed by atoms with E-state index in [0.29, 0.717) is 6.42 Å². The first-order valence-corrected chi connectivity index (χ1v) is 7.04. The Balaban J connectivity index is 3.19. The third-order valence-corrected chi connectivity index (χ3v) is 2.86. The molecule has 17 heavy (non-hydrogen) atoms. The van der Waals surface area contributed by atoms with Crippen LogP contribution in [-0.4, -0.2) is 18.5 Å². The number of amides is 1. The Labute approximate surface area is 107 Å². The molecule has 0 spiro atoms. The van der Waals surface area contributed by atoms with Crippen LogP contribution in [-0.2, 0) is 4.79 Å². The molecule has 3 heteroatoms. The van der Waals surface area contributed by atoms with Crippen LogP contribution >= 0.6 is 0 Å². The van der Waals surface area contributed by atoms with E-state index in [4.69, 9.17) is 5.73 Å². The van der Waals surface area contributed by atoms with E-state index in [2.05, 4.69) is 19.2 Å². The molecule has 3 nitrogen and oxygen atoms in total. The number of carbonyl (C=O) groups is 1. The maximum atomic E-state index is 11.4. The van der Waals surface area contributed by atoms with Gasteiger partial charge in [-0.1, -0.05) is 39.5 Å². The molecule has 0 rings (SSSR count). The van der Waals surface area contributed by atoms with Crippen molar-refractivity contribution in [3.8, 4) is 0 Å². The smallest absolute Gasteiger partial charge is 0.220 e. The maximum Gasteiger partial charge on any atom is 0.220 e. The summed E-state index contributed by atoms with van der Waals surface area (Å²) in [6.07, 6.45) is 7.58. The summed E-state index contributed by atoms with van der Waals surface area (Å²) in [7, 11) is 0. The Bertz CT molecular complexity index is 191. The van der Waals surface area contributed by atoms with Crippen LogP contribution in [0.3, 0.4) is 0 Å². The van der Waals surface area contributed by atoms with Crippen LogP contribution in [0.5, 0.6) is 0 Å². The molecular formula is C14H30N2O. The zero-order chi connectivity index (χ0) is 13.1. The fraction of sp³-hybridized carbons (Fsp3) is 0.929. The Morgan fingerprint density at radius 3 is 2.29 bits per heavy atom. The molecule has 1 unspecified atom stereocenters. The average molecular weight is 242 g/mol. The van der Waals surface area contributed by atoms with E-state index in [1.54, 1.807) is 0 Å². The number of rotatable bonds is 10. The fourth-order valence-electron chi connectivity index (χ4n) is 1.71. The summed E-state index contributed by atoms with van der Waals surface area (Å²) < 4.78 is 0. The van der Waals surface area contributed by atoms with Crippen LogP contribution < -0.4 is 11.1 Å². The molecule has 1 amide bonds. The lowest BCUT2D eigenvalue weighted by Crippen LogP contribution is -2.26. The number of carbonyl (C=O) groups excluding carboxylic acids is 1. The van der Waals surface area contributed by atoms with Gasteiger partial charge in [-0.15, -0.1) is 0 Å². The molecule has 0 aromatic carbocycles. The predicted octanol–water partition coefficient (Wildman–Crippen LogP) is 2.84. The zero-order valence-electron chi connectivity index (χ0n) is 11.8. The van der Waals surface area contributed by atoms with E-state index in [1.165, 1.54) is 25.7 Å². The highest BCUT2D eigenvalue weighted by Gasteiger charge is 2.02. The molecule has 0 aromatic rings. The molecule has 0 saturated heterocycles.